The minimum Gasteiger partial charge on any atom is -0.493 e. The van der Waals surface area contributed by atoms with Crippen LogP contribution in [0.5, 0.6) is 11.5 Å². The van der Waals surface area contributed by atoms with Gasteiger partial charge in [-0.05, 0) is 69.1 Å². The Balaban J connectivity index is 1.23. The molecule has 0 radical (unpaired) electrons. The first-order valence-corrected chi connectivity index (χ1v) is 13.0. The Morgan fingerprint density at radius 1 is 1.03 bits per heavy atom. The Kier molecular flexibility index (Phi) is 7.43. The van der Waals surface area contributed by atoms with Gasteiger partial charge in [0.15, 0.2) is 23.0 Å². The van der Waals surface area contributed by atoms with E-state index >= 15 is 0 Å². The summed E-state index contributed by atoms with van der Waals surface area (Å²) in [5.74, 6) is 1.61. The third-order valence-electron chi connectivity index (χ3n) is 7.37. The molecule has 5 rings (SSSR count). The normalized spacial score (nSPS) is 17.2. The molecule has 10 heteroatoms. The summed E-state index contributed by atoms with van der Waals surface area (Å²) in [7, 11) is 3.21. The number of hydrogen-bond acceptors (Lipinski definition) is 6. The van der Waals surface area contributed by atoms with Crippen molar-refractivity contribution >= 4 is 17.6 Å². The SMILES string of the molecule is COc1ccc(CCC(=O)N2CCCCC2c2cc(NC(=O)c3n[nH]c4c3CCCC4)n[nH]2)cc1OC. The number of anilines is 1. The van der Waals surface area contributed by atoms with Gasteiger partial charge in [0, 0.05) is 30.3 Å². The number of ether oxygens (including phenoxy) is 2. The molecule has 1 aliphatic heterocycles. The second-order valence-electron chi connectivity index (χ2n) is 9.69. The van der Waals surface area contributed by atoms with Gasteiger partial charge in [0.05, 0.1) is 26.0 Å². The maximum absolute atomic E-state index is 13.3. The van der Waals surface area contributed by atoms with Crippen LogP contribution in [0.4, 0.5) is 5.82 Å². The standard InChI is InChI=1S/C27H34N6O4/c1-36-22-12-10-17(15-23(22)37-2)11-13-25(34)33-14-6-5-9-21(33)20-16-24(31-30-20)28-27(35)26-18-7-3-4-8-19(18)29-32-26/h10,12,15-16,21H,3-9,11,13-14H2,1-2H3,(H,29,32)(H2,28,30,31,35). The summed E-state index contributed by atoms with van der Waals surface area (Å²) in [6.07, 6.45) is 7.84. The molecule has 1 fully saturated rings. The van der Waals surface area contributed by atoms with E-state index in [0.717, 1.165) is 67.5 Å². The third kappa shape index (κ3) is 5.33. The molecular weight excluding hydrogens is 472 g/mol. The maximum Gasteiger partial charge on any atom is 0.277 e. The summed E-state index contributed by atoms with van der Waals surface area (Å²) >= 11 is 0. The lowest BCUT2D eigenvalue weighted by Crippen LogP contribution is -2.38. The van der Waals surface area contributed by atoms with E-state index in [4.69, 9.17) is 9.47 Å². The fourth-order valence-electron chi connectivity index (χ4n) is 5.40. The average molecular weight is 507 g/mol. The number of methoxy groups -OCH3 is 2. The summed E-state index contributed by atoms with van der Waals surface area (Å²) < 4.78 is 10.7. The van der Waals surface area contributed by atoms with Crippen molar-refractivity contribution in [3.63, 3.8) is 0 Å². The smallest absolute Gasteiger partial charge is 0.277 e. The number of aryl methyl sites for hydroxylation is 2. The van der Waals surface area contributed by atoms with Gasteiger partial charge in [0.1, 0.15) is 0 Å². The van der Waals surface area contributed by atoms with Crippen molar-refractivity contribution in [3.8, 4) is 11.5 Å². The number of rotatable bonds is 8. The Bertz CT molecular complexity index is 1270. The van der Waals surface area contributed by atoms with Gasteiger partial charge < -0.3 is 19.7 Å². The summed E-state index contributed by atoms with van der Waals surface area (Å²) in [5, 5.41) is 17.5. The zero-order valence-corrected chi connectivity index (χ0v) is 21.4. The number of piperidine rings is 1. The molecule has 0 saturated carbocycles. The molecular formula is C27H34N6O4. The molecule has 2 aromatic heterocycles. The highest BCUT2D eigenvalue weighted by atomic mass is 16.5. The minimum atomic E-state index is -0.260. The molecule has 1 unspecified atom stereocenters. The van der Waals surface area contributed by atoms with E-state index < -0.39 is 0 Å². The molecule has 1 aromatic carbocycles. The Hall–Kier alpha value is -3.82. The number of nitrogens with zero attached hydrogens (tertiary/aromatic N) is 3. The van der Waals surface area contributed by atoms with Crippen LogP contribution in [0.2, 0.25) is 0 Å². The fourth-order valence-corrected chi connectivity index (χ4v) is 5.40. The molecule has 196 valence electrons. The largest absolute Gasteiger partial charge is 0.493 e. The first kappa shape index (κ1) is 24.9. The van der Waals surface area contributed by atoms with E-state index in [2.05, 4.69) is 25.7 Å². The number of carbonyl (C=O) groups is 2. The molecule has 0 bridgehead atoms. The summed E-state index contributed by atoms with van der Waals surface area (Å²) in [6.45, 7) is 0.704. The van der Waals surface area contributed by atoms with Crippen LogP contribution in [-0.2, 0) is 24.1 Å². The summed E-state index contributed by atoms with van der Waals surface area (Å²) in [5.41, 5.74) is 4.37. The lowest BCUT2D eigenvalue weighted by Gasteiger charge is -2.35. The minimum absolute atomic E-state index is 0.0945. The van der Waals surface area contributed by atoms with Crippen molar-refractivity contribution in [1.82, 2.24) is 25.3 Å². The molecule has 3 heterocycles. The monoisotopic (exact) mass is 506 g/mol. The van der Waals surface area contributed by atoms with Crippen LogP contribution >= 0.6 is 0 Å². The van der Waals surface area contributed by atoms with Gasteiger partial charge in [0.2, 0.25) is 5.91 Å². The average Bonchev–Trinajstić information content (AvgIpc) is 3.59. The van der Waals surface area contributed by atoms with Crippen molar-refractivity contribution < 1.29 is 19.1 Å². The molecule has 3 aromatic rings. The van der Waals surface area contributed by atoms with Crippen LogP contribution in [0.15, 0.2) is 24.3 Å². The number of likely N-dealkylation sites (tertiary alicyclic amines) is 1. The highest BCUT2D eigenvalue weighted by molar-refractivity contribution is 6.03. The number of carbonyl (C=O) groups excluding carboxylic acids is 2. The van der Waals surface area contributed by atoms with E-state index in [1.165, 1.54) is 0 Å². The van der Waals surface area contributed by atoms with Gasteiger partial charge in [0.25, 0.3) is 5.91 Å². The van der Waals surface area contributed by atoms with E-state index in [-0.39, 0.29) is 17.9 Å². The highest BCUT2D eigenvalue weighted by Gasteiger charge is 2.30. The molecule has 10 nitrogen and oxygen atoms in total. The number of nitrogens with one attached hydrogen (secondary N) is 3. The topological polar surface area (TPSA) is 125 Å². The Labute approximate surface area is 216 Å². The summed E-state index contributed by atoms with van der Waals surface area (Å²) in [6, 6.07) is 7.48. The number of fused-ring (bicyclic) bond motifs is 1. The Morgan fingerprint density at radius 3 is 2.70 bits per heavy atom. The van der Waals surface area contributed by atoms with E-state index in [0.29, 0.717) is 42.4 Å². The zero-order chi connectivity index (χ0) is 25.8. The fraction of sp³-hybridized carbons (Fsp3) is 0.481. The van der Waals surface area contributed by atoms with Crippen LogP contribution in [-0.4, -0.2) is 57.9 Å². The summed E-state index contributed by atoms with van der Waals surface area (Å²) in [4.78, 5) is 28.1. The van der Waals surface area contributed by atoms with Crippen LogP contribution in [0, 0.1) is 0 Å². The van der Waals surface area contributed by atoms with Gasteiger partial charge in [-0.3, -0.25) is 19.8 Å². The number of aromatic amines is 2. The number of benzene rings is 1. The zero-order valence-electron chi connectivity index (χ0n) is 21.4. The lowest BCUT2D eigenvalue weighted by atomic mass is 9.96. The molecule has 1 saturated heterocycles. The first-order chi connectivity index (χ1) is 18.1. The number of hydrogen-bond donors (Lipinski definition) is 3. The van der Waals surface area contributed by atoms with E-state index in [1.54, 1.807) is 14.2 Å². The highest BCUT2D eigenvalue weighted by Crippen LogP contribution is 2.32. The molecule has 2 amide bonds. The lowest BCUT2D eigenvalue weighted by molar-refractivity contribution is -0.135. The van der Waals surface area contributed by atoms with Gasteiger partial charge in [-0.1, -0.05) is 6.07 Å². The predicted molar refractivity (Wildman–Crippen MR) is 138 cm³/mol. The van der Waals surface area contributed by atoms with Gasteiger partial charge in [-0.25, -0.2) is 0 Å². The quantitative estimate of drug-likeness (QED) is 0.425. The third-order valence-corrected chi connectivity index (χ3v) is 7.37. The van der Waals surface area contributed by atoms with Crippen molar-refractivity contribution in [2.75, 3.05) is 26.1 Å². The first-order valence-electron chi connectivity index (χ1n) is 13.0. The van der Waals surface area contributed by atoms with E-state index in [9.17, 15) is 9.59 Å². The van der Waals surface area contributed by atoms with Crippen molar-refractivity contribution in [2.24, 2.45) is 0 Å². The molecule has 0 spiro atoms. The number of aromatic nitrogens is 4. The van der Waals surface area contributed by atoms with Gasteiger partial charge in [-0.15, -0.1) is 0 Å². The Morgan fingerprint density at radius 2 is 1.86 bits per heavy atom. The second kappa shape index (κ2) is 11.1. The van der Waals surface area contributed by atoms with Gasteiger partial charge in [-0.2, -0.15) is 10.2 Å². The van der Waals surface area contributed by atoms with Crippen LogP contribution in [0.25, 0.3) is 0 Å². The van der Waals surface area contributed by atoms with Crippen molar-refractivity contribution in [2.45, 2.75) is 63.8 Å². The van der Waals surface area contributed by atoms with Crippen molar-refractivity contribution in [3.05, 3.63) is 52.5 Å². The van der Waals surface area contributed by atoms with Crippen LogP contribution < -0.4 is 14.8 Å². The van der Waals surface area contributed by atoms with Crippen molar-refractivity contribution in [1.29, 1.82) is 0 Å². The molecule has 1 aliphatic carbocycles. The van der Waals surface area contributed by atoms with E-state index in [1.807, 2.05) is 29.2 Å². The number of H-pyrrole nitrogens is 2. The molecule has 3 N–H and O–H groups in total. The van der Waals surface area contributed by atoms with Crippen LogP contribution in [0.3, 0.4) is 0 Å². The number of amides is 2. The molecule has 37 heavy (non-hydrogen) atoms. The van der Waals surface area contributed by atoms with Crippen LogP contribution in [0.1, 0.15) is 77.6 Å². The molecule has 2 aliphatic rings. The predicted octanol–water partition coefficient (Wildman–Crippen LogP) is 3.97. The van der Waals surface area contributed by atoms with Gasteiger partial charge >= 0.3 is 0 Å². The maximum atomic E-state index is 13.3. The second-order valence-corrected chi connectivity index (χ2v) is 9.69. The molecule has 1 atom stereocenters.